The highest BCUT2D eigenvalue weighted by atomic mass is 35.5. The van der Waals surface area contributed by atoms with Gasteiger partial charge in [0.15, 0.2) is 0 Å². The number of carbonyl (C=O) groups is 1. The molecule has 1 atom stereocenters. The lowest BCUT2D eigenvalue weighted by Crippen LogP contribution is -2.36. The molecular weight excluding hydrogens is 428 g/mol. The van der Waals surface area contributed by atoms with E-state index in [0.717, 1.165) is 25.5 Å². The largest absolute Gasteiger partial charge is 0.417 e. The summed E-state index contributed by atoms with van der Waals surface area (Å²) in [5.74, 6) is -0.784. The third-order valence-electron chi connectivity index (χ3n) is 4.30. The van der Waals surface area contributed by atoms with Crippen LogP contribution in [0.25, 0.3) is 0 Å². The summed E-state index contributed by atoms with van der Waals surface area (Å²) in [7, 11) is 0. The number of alkyl halides is 3. The van der Waals surface area contributed by atoms with Crippen LogP contribution in [0.3, 0.4) is 0 Å². The van der Waals surface area contributed by atoms with Gasteiger partial charge in [0, 0.05) is 13.1 Å². The molecule has 1 aliphatic rings. The fourth-order valence-corrected chi connectivity index (χ4v) is 3.55. The highest BCUT2D eigenvalue weighted by Gasteiger charge is 2.34. The summed E-state index contributed by atoms with van der Waals surface area (Å²) in [5, 5.41) is 2.21. The molecule has 0 aromatic heterocycles. The Bertz CT molecular complexity index is 805. The monoisotopic (exact) mass is 448 g/mol. The van der Waals surface area contributed by atoms with Gasteiger partial charge in [0.25, 0.3) is 5.91 Å². The maximum Gasteiger partial charge on any atom is 0.417 e. The number of thiol groups is 1. The van der Waals surface area contributed by atoms with Gasteiger partial charge in [-0.2, -0.15) is 25.8 Å². The summed E-state index contributed by atoms with van der Waals surface area (Å²) in [6.45, 7) is 1.85. The van der Waals surface area contributed by atoms with Gasteiger partial charge < -0.3 is 5.32 Å². The summed E-state index contributed by atoms with van der Waals surface area (Å²) in [4.78, 5) is 14.1. The topological polar surface area (TPSA) is 32.3 Å². The van der Waals surface area contributed by atoms with Crippen LogP contribution in [0.5, 0.6) is 0 Å². The first-order chi connectivity index (χ1) is 13.7. The normalized spacial score (nSPS) is 16.8. The van der Waals surface area contributed by atoms with Crippen molar-refractivity contribution in [3.8, 4) is 0 Å². The van der Waals surface area contributed by atoms with E-state index >= 15 is 0 Å². The second-order valence-corrected chi connectivity index (χ2v) is 7.35. The van der Waals surface area contributed by atoms with E-state index in [1.807, 2.05) is 0 Å². The van der Waals surface area contributed by atoms with Gasteiger partial charge in [-0.3, -0.25) is 9.69 Å². The minimum Gasteiger partial charge on any atom is -0.351 e. The van der Waals surface area contributed by atoms with Crippen LogP contribution in [0.1, 0.15) is 28.8 Å². The molecular formula is C20H21ClF4N2OS. The third-order valence-corrected chi connectivity index (χ3v) is 5.29. The molecule has 2 aromatic carbocycles. The molecule has 0 bridgehead atoms. The molecule has 1 amide bonds. The number of likely N-dealkylation sites (tertiary alicyclic amines) is 1. The Morgan fingerprint density at radius 1 is 1.17 bits per heavy atom. The predicted molar refractivity (Wildman–Crippen MR) is 109 cm³/mol. The van der Waals surface area contributed by atoms with Crippen LogP contribution in [0.2, 0.25) is 5.02 Å². The second kappa shape index (κ2) is 10.8. The number of halogens is 5. The van der Waals surface area contributed by atoms with Crippen molar-refractivity contribution in [1.82, 2.24) is 10.2 Å². The van der Waals surface area contributed by atoms with Crippen molar-refractivity contribution in [2.24, 2.45) is 0 Å². The Hall–Kier alpha value is -1.77. The van der Waals surface area contributed by atoms with Gasteiger partial charge in [-0.05, 0) is 43.7 Å². The molecule has 2 aromatic rings. The summed E-state index contributed by atoms with van der Waals surface area (Å²) >= 11 is 10.1. The predicted octanol–water partition coefficient (Wildman–Crippen LogP) is 5.27. The fourth-order valence-electron chi connectivity index (χ4n) is 2.82. The van der Waals surface area contributed by atoms with Gasteiger partial charge in [-0.15, -0.1) is 0 Å². The van der Waals surface area contributed by atoms with Gasteiger partial charge in [-0.1, -0.05) is 35.9 Å². The highest BCUT2D eigenvalue weighted by Crippen LogP contribution is 2.36. The quantitative estimate of drug-likeness (QED) is 0.493. The number of hydrogen-bond donors (Lipinski definition) is 2. The van der Waals surface area contributed by atoms with E-state index in [4.69, 9.17) is 11.6 Å². The lowest BCUT2D eigenvalue weighted by atomic mass is 10.1. The summed E-state index contributed by atoms with van der Waals surface area (Å²) in [5.41, 5.74) is -1.17. The van der Waals surface area contributed by atoms with Crippen molar-refractivity contribution in [1.29, 1.82) is 0 Å². The number of nitrogens with one attached hydrogen (secondary N) is 1. The zero-order valence-corrected chi connectivity index (χ0v) is 17.1. The van der Waals surface area contributed by atoms with Gasteiger partial charge in [0.2, 0.25) is 0 Å². The standard InChI is InChI=1S/C14H16ClF3N2OS.C6H5F/c15-12-9(3-1-4-10(12)14(16,17)18)13(21)19-6-8-20-7-2-5-11(20)22;7-6-4-2-1-3-5-6/h1,3-4,11,22H,2,5-8H2,(H,19,21);1-5H. The first-order valence-electron chi connectivity index (χ1n) is 8.96. The van der Waals surface area contributed by atoms with Gasteiger partial charge in [0.05, 0.1) is 21.5 Å². The van der Waals surface area contributed by atoms with Crippen molar-refractivity contribution in [3.05, 3.63) is 70.5 Å². The molecule has 0 aliphatic carbocycles. The molecule has 1 aliphatic heterocycles. The smallest absolute Gasteiger partial charge is 0.351 e. The number of rotatable bonds is 4. The molecule has 1 saturated heterocycles. The first kappa shape index (κ1) is 23.5. The van der Waals surface area contributed by atoms with E-state index in [-0.39, 0.29) is 16.8 Å². The first-order valence-corrected chi connectivity index (χ1v) is 9.86. The Labute approximate surface area is 177 Å². The zero-order chi connectivity index (χ0) is 21.4. The molecule has 3 nitrogen and oxygen atoms in total. The SMILES string of the molecule is Fc1ccccc1.O=C(NCCN1CCCC1S)c1cccc(C(F)(F)F)c1Cl. The molecule has 158 valence electrons. The van der Waals surface area contributed by atoms with E-state index in [1.165, 1.54) is 24.3 Å². The molecule has 1 heterocycles. The zero-order valence-electron chi connectivity index (χ0n) is 15.4. The molecule has 0 saturated carbocycles. The average molecular weight is 449 g/mol. The number of carbonyl (C=O) groups excluding carboxylic acids is 1. The van der Waals surface area contributed by atoms with Crippen molar-refractivity contribution in [2.45, 2.75) is 24.4 Å². The fraction of sp³-hybridized carbons (Fsp3) is 0.350. The van der Waals surface area contributed by atoms with E-state index in [0.29, 0.717) is 13.1 Å². The van der Waals surface area contributed by atoms with Gasteiger partial charge in [-0.25, -0.2) is 4.39 Å². The Morgan fingerprint density at radius 2 is 1.86 bits per heavy atom. The second-order valence-electron chi connectivity index (χ2n) is 6.38. The van der Waals surface area contributed by atoms with Crippen LogP contribution >= 0.6 is 24.2 Å². The minimum absolute atomic E-state index is 0.166. The Morgan fingerprint density at radius 3 is 2.38 bits per heavy atom. The van der Waals surface area contributed by atoms with Crippen molar-refractivity contribution >= 4 is 30.1 Å². The van der Waals surface area contributed by atoms with Crippen LogP contribution in [0.15, 0.2) is 48.5 Å². The van der Waals surface area contributed by atoms with E-state index in [1.54, 1.807) is 18.2 Å². The molecule has 1 fully saturated rings. The number of amides is 1. The summed E-state index contributed by atoms with van der Waals surface area (Å²) < 4.78 is 50.2. The van der Waals surface area contributed by atoms with Crippen LogP contribution < -0.4 is 5.32 Å². The van der Waals surface area contributed by atoms with Crippen LogP contribution in [-0.2, 0) is 6.18 Å². The summed E-state index contributed by atoms with van der Waals surface area (Å²) in [6, 6.07) is 11.3. The van der Waals surface area contributed by atoms with E-state index in [9.17, 15) is 22.4 Å². The van der Waals surface area contributed by atoms with Crippen LogP contribution in [-0.4, -0.2) is 35.8 Å². The number of benzene rings is 2. The lowest BCUT2D eigenvalue weighted by Gasteiger charge is -2.20. The molecule has 1 unspecified atom stereocenters. The van der Waals surface area contributed by atoms with Crippen LogP contribution in [0.4, 0.5) is 17.6 Å². The maximum atomic E-state index is 12.8. The maximum absolute atomic E-state index is 12.8. The Kier molecular flexibility index (Phi) is 8.79. The summed E-state index contributed by atoms with van der Waals surface area (Å²) in [6.07, 6.45) is -2.53. The van der Waals surface area contributed by atoms with E-state index in [2.05, 4.69) is 22.8 Å². The highest BCUT2D eigenvalue weighted by molar-refractivity contribution is 7.80. The van der Waals surface area contributed by atoms with Crippen molar-refractivity contribution < 1.29 is 22.4 Å². The molecule has 29 heavy (non-hydrogen) atoms. The lowest BCUT2D eigenvalue weighted by molar-refractivity contribution is -0.137. The number of nitrogens with zero attached hydrogens (tertiary/aromatic N) is 1. The van der Waals surface area contributed by atoms with Crippen molar-refractivity contribution in [2.75, 3.05) is 19.6 Å². The average Bonchev–Trinajstić information content (AvgIpc) is 3.07. The molecule has 0 radical (unpaired) electrons. The molecule has 3 rings (SSSR count). The van der Waals surface area contributed by atoms with E-state index < -0.39 is 22.7 Å². The molecule has 0 spiro atoms. The molecule has 1 N–H and O–H groups in total. The minimum atomic E-state index is -4.58. The molecule has 9 heteroatoms. The third kappa shape index (κ3) is 7.21. The Balaban J connectivity index is 0.000000360. The van der Waals surface area contributed by atoms with Crippen molar-refractivity contribution in [3.63, 3.8) is 0 Å². The van der Waals surface area contributed by atoms with Gasteiger partial charge >= 0.3 is 6.18 Å². The van der Waals surface area contributed by atoms with Gasteiger partial charge in [0.1, 0.15) is 5.82 Å². The number of hydrogen-bond acceptors (Lipinski definition) is 3. The van der Waals surface area contributed by atoms with Crippen LogP contribution in [0, 0.1) is 5.82 Å².